The van der Waals surface area contributed by atoms with Gasteiger partial charge in [0.15, 0.2) is 9.84 Å². The summed E-state index contributed by atoms with van der Waals surface area (Å²) >= 11 is 0. The molecule has 0 saturated heterocycles. The summed E-state index contributed by atoms with van der Waals surface area (Å²) in [4.78, 5) is 23.8. The largest absolute Gasteiger partial charge is 0.480 e. The molecule has 2 N–H and O–H groups in total. The van der Waals surface area contributed by atoms with Gasteiger partial charge in [-0.1, -0.05) is 42.5 Å². The summed E-state index contributed by atoms with van der Waals surface area (Å²) in [5, 5.41) is 11.3. The number of benzene rings is 2. The molecule has 0 aliphatic rings. The zero-order valence-corrected chi connectivity index (χ0v) is 16.1. The molecule has 0 radical (unpaired) electrons. The quantitative estimate of drug-likeness (QED) is 0.721. The summed E-state index contributed by atoms with van der Waals surface area (Å²) in [6.45, 7) is 3.21. The second-order valence-corrected chi connectivity index (χ2v) is 9.07. The van der Waals surface area contributed by atoms with E-state index in [-0.39, 0.29) is 17.7 Å². The molecule has 0 saturated carbocycles. The van der Waals surface area contributed by atoms with Gasteiger partial charge in [0.25, 0.3) is 0 Å². The normalized spacial score (nSPS) is 12.6. The number of carbonyl (C=O) groups excluding carboxylic acids is 1. The molecule has 0 bridgehead atoms. The first kappa shape index (κ1) is 20.6. The monoisotopic (exact) mass is 389 g/mol. The van der Waals surface area contributed by atoms with Gasteiger partial charge in [0, 0.05) is 6.42 Å². The summed E-state index contributed by atoms with van der Waals surface area (Å²) in [7, 11) is -3.37. The maximum absolute atomic E-state index is 12.2. The van der Waals surface area contributed by atoms with Gasteiger partial charge in [-0.05, 0) is 37.1 Å². The number of carbonyl (C=O) groups is 2. The van der Waals surface area contributed by atoms with Crippen molar-refractivity contribution in [2.24, 2.45) is 0 Å². The summed E-state index contributed by atoms with van der Waals surface area (Å²) in [5.41, 5.74) is 1.42. The zero-order valence-electron chi connectivity index (χ0n) is 15.3. The Balaban J connectivity index is 2.02. The van der Waals surface area contributed by atoms with Gasteiger partial charge < -0.3 is 10.4 Å². The number of aliphatic carboxylic acids is 1. The second kappa shape index (κ2) is 8.81. The topological polar surface area (TPSA) is 101 Å². The lowest BCUT2D eigenvalue weighted by Crippen LogP contribution is -2.43. The van der Waals surface area contributed by atoms with E-state index in [2.05, 4.69) is 5.32 Å². The molecule has 27 heavy (non-hydrogen) atoms. The van der Waals surface area contributed by atoms with E-state index in [0.29, 0.717) is 5.56 Å². The maximum atomic E-state index is 12.2. The van der Waals surface area contributed by atoms with E-state index in [1.54, 1.807) is 38.1 Å². The smallest absolute Gasteiger partial charge is 0.326 e. The van der Waals surface area contributed by atoms with Crippen molar-refractivity contribution in [3.8, 4) is 0 Å². The fraction of sp³-hybridized carbons (Fsp3) is 0.300. The van der Waals surface area contributed by atoms with Gasteiger partial charge in [-0.15, -0.1) is 0 Å². The first-order valence-corrected chi connectivity index (χ1v) is 10.1. The predicted octanol–water partition coefficient (Wildman–Crippen LogP) is 2.22. The number of hydrogen-bond acceptors (Lipinski definition) is 4. The SMILES string of the molecule is CC(C)S(=O)(=O)c1ccc(CC(=O)NC(Cc2ccccc2)C(=O)O)cc1. The van der Waals surface area contributed by atoms with E-state index in [4.69, 9.17) is 0 Å². The molecular formula is C20H23NO5S. The number of carboxylic acid groups (broad SMARTS) is 1. The molecule has 0 fully saturated rings. The minimum Gasteiger partial charge on any atom is -0.480 e. The highest BCUT2D eigenvalue weighted by Crippen LogP contribution is 2.16. The Morgan fingerprint density at radius 2 is 1.56 bits per heavy atom. The van der Waals surface area contributed by atoms with Gasteiger partial charge in [-0.25, -0.2) is 13.2 Å². The summed E-state index contributed by atoms with van der Waals surface area (Å²) in [6, 6.07) is 14.1. The maximum Gasteiger partial charge on any atom is 0.326 e. The minimum atomic E-state index is -3.37. The number of carboxylic acids is 1. The number of hydrogen-bond donors (Lipinski definition) is 2. The van der Waals surface area contributed by atoms with Gasteiger partial charge in [0.05, 0.1) is 16.6 Å². The third-order valence-electron chi connectivity index (χ3n) is 4.15. The average molecular weight is 389 g/mol. The van der Waals surface area contributed by atoms with Crippen LogP contribution < -0.4 is 5.32 Å². The van der Waals surface area contributed by atoms with Crippen molar-refractivity contribution in [2.75, 3.05) is 0 Å². The van der Waals surface area contributed by atoms with Crippen molar-refractivity contribution < 1.29 is 23.1 Å². The molecule has 0 aliphatic heterocycles. The molecule has 144 valence electrons. The van der Waals surface area contributed by atoms with E-state index >= 15 is 0 Å². The van der Waals surface area contributed by atoms with E-state index < -0.39 is 33.0 Å². The fourth-order valence-electron chi connectivity index (χ4n) is 2.55. The molecular weight excluding hydrogens is 366 g/mol. The van der Waals surface area contributed by atoms with Gasteiger partial charge in [0.1, 0.15) is 6.04 Å². The van der Waals surface area contributed by atoms with E-state index in [1.807, 2.05) is 18.2 Å². The van der Waals surface area contributed by atoms with Crippen LogP contribution in [0.4, 0.5) is 0 Å². The Bertz CT molecular complexity index is 890. The highest BCUT2D eigenvalue weighted by Gasteiger charge is 2.21. The van der Waals surface area contributed by atoms with Gasteiger partial charge in [0.2, 0.25) is 5.91 Å². The van der Waals surface area contributed by atoms with Crippen LogP contribution in [-0.2, 0) is 32.3 Å². The van der Waals surface area contributed by atoms with Crippen LogP contribution in [-0.4, -0.2) is 36.7 Å². The molecule has 2 aromatic rings. The van der Waals surface area contributed by atoms with Crippen LogP contribution in [0, 0.1) is 0 Å². The Hall–Kier alpha value is -2.67. The van der Waals surface area contributed by atoms with Crippen LogP contribution in [0.3, 0.4) is 0 Å². The third kappa shape index (κ3) is 5.65. The highest BCUT2D eigenvalue weighted by atomic mass is 32.2. The van der Waals surface area contributed by atoms with Crippen LogP contribution in [0.25, 0.3) is 0 Å². The molecule has 0 spiro atoms. The van der Waals surface area contributed by atoms with Crippen molar-refractivity contribution in [1.82, 2.24) is 5.32 Å². The number of sulfone groups is 1. The van der Waals surface area contributed by atoms with Crippen molar-refractivity contribution in [1.29, 1.82) is 0 Å². The van der Waals surface area contributed by atoms with Crippen LogP contribution in [0.5, 0.6) is 0 Å². The summed E-state index contributed by atoms with van der Waals surface area (Å²) in [5.74, 6) is -1.54. The van der Waals surface area contributed by atoms with E-state index in [1.165, 1.54) is 12.1 Å². The van der Waals surface area contributed by atoms with E-state index in [0.717, 1.165) is 5.56 Å². The van der Waals surface area contributed by atoms with Gasteiger partial charge >= 0.3 is 5.97 Å². The van der Waals surface area contributed by atoms with Crippen LogP contribution in [0.15, 0.2) is 59.5 Å². The molecule has 2 rings (SSSR count). The van der Waals surface area contributed by atoms with Gasteiger partial charge in [-0.2, -0.15) is 0 Å². The molecule has 1 unspecified atom stereocenters. The first-order valence-electron chi connectivity index (χ1n) is 8.59. The van der Waals surface area contributed by atoms with Crippen molar-refractivity contribution in [3.63, 3.8) is 0 Å². The Morgan fingerprint density at radius 1 is 0.963 bits per heavy atom. The van der Waals surface area contributed by atoms with Crippen LogP contribution in [0.2, 0.25) is 0 Å². The molecule has 7 heteroatoms. The van der Waals surface area contributed by atoms with Crippen LogP contribution >= 0.6 is 0 Å². The first-order chi connectivity index (χ1) is 12.7. The van der Waals surface area contributed by atoms with Crippen LogP contribution in [0.1, 0.15) is 25.0 Å². The molecule has 1 amide bonds. The number of amides is 1. The summed E-state index contributed by atoms with van der Waals surface area (Å²) in [6.07, 6.45) is 0.161. The Morgan fingerprint density at radius 3 is 2.07 bits per heavy atom. The van der Waals surface area contributed by atoms with Crippen molar-refractivity contribution in [3.05, 3.63) is 65.7 Å². The minimum absolute atomic E-state index is 0.0272. The van der Waals surface area contributed by atoms with E-state index in [9.17, 15) is 23.1 Å². The lowest BCUT2D eigenvalue weighted by atomic mass is 10.1. The average Bonchev–Trinajstić information content (AvgIpc) is 2.62. The number of nitrogens with one attached hydrogen (secondary N) is 1. The highest BCUT2D eigenvalue weighted by molar-refractivity contribution is 7.92. The van der Waals surface area contributed by atoms with Crippen molar-refractivity contribution in [2.45, 2.75) is 42.9 Å². The second-order valence-electron chi connectivity index (χ2n) is 6.56. The molecule has 6 nitrogen and oxygen atoms in total. The molecule has 2 aromatic carbocycles. The predicted molar refractivity (Wildman–Crippen MR) is 102 cm³/mol. The standard InChI is InChI=1S/C20H23NO5S/c1-14(2)27(25,26)17-10-8-16(9-11-17)13-19(22)21-18(20(23)24)12-15-6-4-3-5-7-15/h3-11,14,18H,12-13H2,1-2H3,(H,21,22)(H,23,24). The zero-order chi connectivity index (χ0) is 20.0. The molecule has 0 aromatic heterocycles. The lowest BCUT2D eigenvalue weighted by molar-refractivity contribution is -0.141. The summed E-state index contributed by atoms with van der Waals surface area (Å²) < 4.78 is 24.2. The third-order valence-corrected chi connectivity index (χ3v) is 6.32. The van der Waals surface area contributed by atoms with Crippen molar-refractivity contribution >= 4 is 21.7 Å². The Kier molecular flexibility index (Phi) is 6.74. The molecule has 1 atom stereocenters. The Labute approximate surface area is 159 Å². The van der Waals surface area contributed by atoms with Gasteiger partial charge in [-0.3, -0.25) is 4.79 Å². The fourth-order valence-corrected chi connectivity index (χ4v) is 3.61. The number of rotatable bonds is 8. The molecule has 0 aliphatic carbocycles. The lowest BCUT2D eigenvalue weighted by Gasteiger charge is -2.15. The molecule has 0 heterocycles.